The number of nitrogens with zero attached hydrogens (tertiary/aromatic N) is 5. The van der Waals surface area contributed by atoms with Gasteiger partial charge in [-0.05, 0) is 101 Å². The topological polar surface area (TPSA) is 61.7 Å². The van der Waals surface area contributed by atoms with Gasteiger partial charge < -0.3 is 13.6 Å². The number of pyridine rings is 1. The standard InChI is InChI=1S/C42H48N3O.C25H25N2.Ir/c1-25(2)28-14-12-15-29(26(3)4)37(28)45-34-19-11-10-18-32(34)44-40(45)31-17-13-16-30-36-35(46-38(30)31)24-33(43-39(36)41(5,6)7)27-20-22-42(8,9)23-21-27;1-17(2)20-13-10-14-21(18(3)4)24(20)27-23-16-9-8-15-22(23)26-25(27)19-11-6-5-7-12-19;/h10-16,18-19,24-27H,20-23H2,1-9H3;5-11,13-18H,1-4H3;/q2*-1;/i27D;;. The van der Waals surface area contributed by atoms with Gasteiger partial charge in [0.1, 0.15) is 5.58 Å². The first-order valence-electron chi connectivity index (χ1n) is 27.2. The molecule has 6 nitrogen and oxygen atoms in total. The van der Waals surface area contributed by atoms with Crippen LogP contribution in [0.2, 0.25) is 0 Å². The molecular weight excluding hydrogens is 1080 g/mol. The van der Waals surface area contributed by atoms with E-state index in [-0.39, 0.29) is 30.9 Å². The average Bonchev–Trinajstić information content (AvgIpc) is 4.10. The number of hydrogen-bond acceptors (Lipinski definition) is 4. The maximum absolute atomic E-state index is 9.60. The van der Waals surface area contributed by atoms with Gasteiger partial charge >= 0.3 is 0 Å². The van der Waals surface area contributed by atoms with E-state index in [4.69, 9.17) is 19.4 Å². The molecule has 0 unspecified atom stereocenters. The smallest absolute Gasteiger partial charge is 0.124 e. The Balaban J connectivity index is 0.000000209. The fraction of sp³-hybridized carbons (Fsp3) is 0.358. The molecule has 0 spiro atoms. The minimum Gasteiger partial charge on any atom is -0.500 e. The molecule has 0 atom stereocenters. The van der Waals surface area contributed by atoms with Gasteiger partial charge in [0, 0.05) is 61.3 Å². The van der Waals surface area contributed by atoms with Crippen molar-refractivity contribution in [3.05, 3.63) is 173 Å². The third kappa shape index (κ3) is 9.83. The number of furan rings is 1. The summed E-state index contributed by atoms with van der Waals surface area (Å²) < 4.78 is 21.2. The Kier molecular flexibility index (Phi) is 14.5. The van der Waals surface area contributed by atoms with Crippen molar-refractivity contribution in [1.29, 1.82) is 0 Å². The summed E-state index contributed by atoms with van der Waals surface area (Å²) in [6, 6.07) is 51.4. The molecule has 1 radical (unpaired) electrons. The van der Waals surface area contributed by atoms with E-state index in [0.717, 1.165) is 104 Å². The van der Waals surface area contributed by atoms with Crippen LogP contribution in [-0.4, -0.2) is 24.1 Å². The minimum atomic E-state index is -0.723. The predicted molar refractivity (Wildman–Crippen MR) is 306 cm³/mol. The van der Waals surface area contributed by atoms with Gasteiger partial charge in [0.15, 0.2) is 0 Å². The Labute approximate surface area is 454 Å². The van der Waals surface area contributed by atoms with Gasteiger partial charge in [-0.1, -0.05) is 162 Å². The van der Waals surface area contributed by atoms with Gasteiger partial charge in [0.05, 0.1) is 45.0 Å². The summed E-state index contributed by atoms with van der Waals surface area (Å²) in [7, 11) is 0. The van der Waals surface area contributed by atoms with Crippen molar-refractivity contribution in [2.45, 2.75) is 151 Å². The fourth-order valence-corrected chi connectivity index (χ4v) is 11.1. The van der Waals surface area contributed by atoms with Crippen LogP contribution in [-0.2, 0) is 25.5 Å². The summed E-state index contributed by atoms with van der Waals surface area (Å²) >= 11 is 0. The maximum Gasteiger partial charge on any atom is 0.124 e. The third-order valence-electron chi connectivity index (χ3n) is 15.1. The number of benzene rings is 6. The molecular formula is C67H73IrN5O-2. The first-order chi connectivity index (χ1) is 35.3. The van der Waals surface area contributed by atoms with Gasteiger partial charge in [-0.15, -0.1) is 54.1 Å². The Morgan fingerprint density at radius 2 is 1.11 bits per heavy atom. The zero-order valence-electron chi connectivity index (χ0n) is 46.7. The molecule has 1 aliphatic carbocycles. The van der Waals surface area contributed by atoms with Crippen LogP contribution in [0, 0.1) is 17.5 Å². The molecule has 0 bridgehead atoms. The van der Waals surface area contributed by atoms with E-state index < -0.39 is 5.89 Å². The van der Waals surface area contributed by atoms with Gasteiger partial charge in [0.25, 0.3) is 0 Å². The summed E-state index contributed by atoms with van der Waals surface area (Å²) in [4.78, 5) is 15.6. The van der Waals surface area contributed by atoms with Crippen molar-refractivity contribution < 1.29 is 25.9 Å². The quantitative estimate of drug-likeness (QED) is 0.135. The van der Waals surface area contributed by atoms with E-state index in [1.54, 1.807) is 0 Å². The molecule has 0 aliphatic heterocycles. The molecule has 0 amide bonds. The van der Waals surface area contributed by atoms with E-state index in [2.05, 4.69) is 214 Å². The Morgan fingerprint density at radius 1 is 0.608 bits per heavy atom. The van der Waals surface area contributed by atoms with Gasteiger partial charge in [0.2, 0.25) is 0 Å². The third-order valence-corrected chi connectivity index (χ3v) is 15.1. The molecule has 4 heterocycles. The van der Waals surface area contributed by atoms with Crippen LogP contribution < -0.4 is 0 Å². The number of aromatic nitrogens is 5. The SMILES string of the molecule is CC(C)c1cccc(C(C)C)c1-n1c(-c2[c-]cccc2)nc2ccccc21.[2H]C1(c2cc3oc4c(-c5nc6ccccc6n5-c5c(C(C)C)cccc5C(C)C)[c-]ccc4c3c(C(C)(C)C)n2)CCC(C)(C)CC1.[Ir]. The largest absolute Gasteiger partial charge is 0.500 e. The second kappa shape index (κ2) is 20.9. The van der Waals surface area contributed by atoms with Crippen molar-refractivity contribution in [2.75, 3.05) is 0 Å². The molecule has 7 heteroatoms. The molecule has 383 valence electrons. The molecule has 1 fully saturated rings. The molecule has 1 saturated carbocycles. The molecule has 10 aromatic rings. The van der Waals surface area contributed by atoms with Crippen molar-refractivity contribution in [2.24, 2.45) is 5.41 Å². The second-order valence-electron chi connectivity index (χ2n) is 23.4. The number of fused-ring (bicyclic) bond motifs is 5. The van der Waals surface area contributed by atoms with Crippen LogP contribution in [0.25, 0.3) is 78.2 Å². The van der Waals surface area contributed by atoms with Crippen LogP contribution in [0.1, 0.15) is 180 Å². The zero-order valence-corrected chi connectivity index (χ0v) is 48.1. The first kappa shape index (κ1) is 51.4. The van der Waals surface area contributed by atoms with Crippen molar-refractivity contribution in [3.63, 3.8) is 0 Å². The van der Waals surface area contributed by atoms with Crippen molar-refractivity contribution in [1.82, 2.24) is 24.1 Å². The zero-order chi connectivity index (χ0) is 52.4. The average molecular weight is 1160 g/mol. The summed E-state index contributed by atoms with van der Waals surface area (Å²) in [6.45, 7) is 29.4. The van der Waals surface area contributed by atoms with Gasteiger partial charge in [-0.25, -0.2) is 0 Å². The Morgan fingerprint density at radius 3 is 1.61 bits per heavy atom. The summed E-state index contributed by atoms with van der Waals surface area (Å²) in [5.74, 6) is 2.55. The van der Waals surface area contributed by atoms with Crippen LogP contribution in [0.3, 0.4) is 0 Å². The van der Waals surface area contributed by atoms with E-state index >= 15 is 0 Å². The molecule has 0 saturated heterocycles. The number of para-hydroxylation sites is 6. The van der Waals surface area contributed by atoms with Crippen LogP contribution in [0.15, 0.2) is 132 Å². The van der Waals surface area contributed by atoms with Crippen molar-refractivity contribution in [3.8, 4) is 34.2 Å². The number of rotatable bonds is 9. The Hall–Kier alpha value is -6.14. The predicted octanol–water partition coefficient (Wildman–Crippen LogP) is 18.8. The first-order valence-corrected chi connectivity index (χ1v) is 26.7. The molecule has 6 aromatic carbocycles. The van der Waals surface area contributed by atoms with Gasteiger partial charge in [-0.3, -0.25) is 15.0 Å². The van der Waals surface area contributed by atoms with Crippen LogP contribution in [0.5, 0.6) is 0 Å². The summed E-state index contributed by atoms with van der Waals surface area (Å²) in [5, 5.41) is 2.04. The summed E-state index contributed by atoms with van der Waals surface area (Å²) in [5.41, 5.74) is 17.1. The summed E-state index contributed by atoms with van der Waals surface area (Å²) in [6.07, 6.45) is 3.65. The van der Waals surface area contributed by atoms with Crippen molar-refractivity contribution >= 4 is 44.0 Å². The van der Waals surface area contributed by atoms with Crippen LogP contribution in [0.4, 0.5) is 0 Å². The minimum absolute atomic E-state index is 0. The number of imidazole rings is 2. The normalized spacial score (nSPS) is 14.9. The van der Waals surface area contributed by atoms with E-state index in [1.807, 2.05) is 24.3 Å². The fourth-order valence-electron chi connectivity index (χ4n) is 11.1. The Bertz CT molecular complexity index is 3620. The molecule has 4 aromatic heterocycles. The molecule has 0 N–H and O–H groups in total. The van der Waals surface area contributed by atoms with Crippen LogP contribution >= 0.6 is 0 Å². The second-order valence-corrected chi connectivity index (χ2v) is 23.4. The van der Waals surface area contributed by atoms with E-state index in [0.29, 0.717) is 23.7 Å². The molecule has 1 aliphatic rings. The van der Waals surface area contributed by atoms with E-state index in [1.165, 1.54) is 33.6 Å². The monoisotopic (exact) mass is 1160 g/mol. The number of hydrogen-bond donors (Lipinski definition) is 0. The van der Waals surface area contributed by atoms with Gasteiger partial charge in [-0.2, -0.15) is 0 Å². The maximum atomic E-state index is 9.60. The van der Waals surface area contributed by atoms with E-state index in [9.17, 15) is 1.37 Å². The molecule has 74 heavy (non-hydrogen) atoms. The molecule has 11 rings (SSSR count).